The topological polar surface area (TPSA) is 42.3 Å². The lowest BCUT2D eigenvalue weighted by Gasteiger charge is -2.28. The highest BCUT2D eigenvalue weighted by Gasteiger charge is 2.15. The molecule has 0 spiro atoms. The molecule has 5 heteroatoms. The summed E-state index contributed by atoms with van der Waals surface area (Å²) in [4.78, 5) is 2.23. The summed E-state index contributed by atoms with van der Waals surface area (Å²) < 4.78 is 7.72. The van der Waals surface area contributed by atoms with Gasteiger partial charge in [-0.2, -0.15) is 5.10 Å². The first-order chi connectivity index (χ1) is 12.6. The van der Waals surface area contributed by atoms with E-state index in [4.69, 9.17) is 4.74 Å². The molecule has 0 unspecified atom stereocenters. The van der Waals surface area contributed by atoms with Crippen LogP contribution in [0.25, 0.3) is 11.3 Å². The molecule has 1 aromatic heterocycles. The average molecular weight is 348 g/mol. The normalized spacial score (nSPS) is 13.3. The number of aryl methyl sites for hydroxylation is 2. The molecular formula is C21H24N4O. The third-order valence-corrected chi connectivity index (χ3v) is 4.90. The van der Waals surface area contributed by atoms with Crippen molar-refractivity contribution in [2.24, 2.45) is 7.05 Å². The van der Waals surface area contributed by atoms with E-state index in [9.17, 15) is 0 Å². The molecule has 0 aliphatic carbocycles. The van der Waals surface area contributed by atoms with Crippen LogP contribution in [0.1, 0.15) is 11.1 Å². The fourth-order valence-corrected chi connectivity index (χ4v) is 3.39. The van der Waals surface area contributed by atoms with Gasteiger partial charge in [-0.3, -0.25) is 4.68 Å². The van der Waals surface area contributed by atoms with Crippen molar-refractivity contribution < 1.29 is 4.74 Å². The number of likely N-dealkylation sites (N-methyl/N-ethyl adjacent to an activating group) is 1. The zero-order valence-corrected chi connectivity index (χ0v) is 15.5. The van der Waals surface area contributed by atoms with Crippen molar-refractivity contribution in [1.29, 1.82) is 0 Å². The predicted octanol–water partition coefficient (Wildman–Crippen LogP) is 3.84. The Hall–Kier alpha value is -2.95. The highest BCUT2D eigenvalue weighted by Crippen LogP contribution is 2.33. The quantitative estimate of drug-likeness (QED) is 0.778. The van der Waals surface area contributed by atoms with Crippen LogP contribution in [-0.4, -0.2) is 30.0 Å². The van der Waals surface area contributed by atoms with E-state index in [1.54, 1.807) is 0 Å². The molecule has 26 heavy (non-hydrogen) atoms. The maximum absolute atomic E-state index is 5.81. The van der Waals surface area contributed by atoms with Crippen LogP contribution in [0.3, 0.4) is 0 Å². The first-order valence-corrected chi connectivity index (χ1v) is 8.91. The Morgan fingerprint density at radius 3 is 2.81 bits per heavy atom. The summed E-state index contributed by atoms with van der Waals surface area (Å²) in [6.45, 7) is 4.52. The molecule has 1 aliphatic heterocycles. The molecule has 3 aromatic rings. The molecule has 0 saturated carbocycles. The third-order valence-electron chi connectivity index (χ3n) is 4.90. The molecule has 2 heterocycles. The molecule has 5 nitrogen and oxygen atoms in total. The molecule has 2 aromatic carbocycles. The summed E-state index contributed by atoms with van der Waals surface area (Å²) in [6.07, 6.45) is 1.84. The monoisotopic (exact) mass is 348 g/mol. The van der Waals surface area contributed by atoms with Gasteiger partial charge in [-0.15, -0.1) is 0 Å². The SMILES string of the molecule is Cc1ccc(CNc2ccc3c(c2)OCCN3C)c(-c2ccnn2C)c1. The first kappa shape index (κ1) is 16.5. The Kier molecular flexibility index (Phi) is 4.29. The minimum atomic E-state index is 0.732. The lowest BCUT2D eigenvalue weighted by molar-refractivity contribution is 0.311. The van der Waals surface area contributed by atoms with Crippen LogP contribution in [-0.2, 0) is 13.6 Å². The van der Waals surface area contributed by atoms with Crippen LogP contribution >= 0.6 is 0 Å². The second-order valence-electron chi connectivity index (χ2n) is 6.81. The molecule has 0 amide bonds. The standard InChI is InChI=1S/C21H24N4O/c1-15-4-5-16(18(12-15)19-8-9-23-25(19)3)14-22-17-6-7-20-21(13-17)26-11-10-24(20)2/h4-9,12-13,22H,10-11,14H2,1-3H3. The van der Waals surface area contributed by atoms with E-state index in [0.29, 0.717) is 0 Å². The molecule has 0 atom stereocenters. The average Bonchev–Trinajstić information content (AvgIpc) is 3.06. The van der Waals surface area contributed by atoms with Gasteiger partial charge in [-0.05, 0) is 36.8 Å². The summed E-state index contributed by atoms with van der Waals surface area (Å²) >= 11 is 0. The van der Waals surface area contributed by atoms with E-state index in [1.165, 1.54) is 16.7 Å². The predicted molar refractivity (Wildman–Crippen MR) is 106 cm³/mol. The maximum atomic E-state index is 5.81. The van der Waals surface area contributed by atoms with Crippen molar-refractivity contribution in [2.45, 2.75) is 13.5 Å². The van der Waals surface area contributed by atoms with Crippen LogP contribution in [0.2, 0.25) is 0 Å². The zero-order valence-electron chi connectivity index (χ0n) is 15.5. The van der Waals surface area contributed by atoms with Gasteiger partial charge in [0.2, 0.25) is 0 Å². The van der Waals surface area contributed by atoms with E-state index < -0.39 is 0 Å². The Bertz CT molecular complexity index is 932. The lowest BCUT2D eigenvalue weighted by atomic mass is 10.0. The summed E-state index contributed by atoms with van der Waals surface area (Å²) in [7, 11) is 4.08. The van der Waals surface area contributed by atoms with Crippen molar-refractivity contribution in [1.82, 2.24) is 9.78 Å². The van der Waals surface area contributed by atoms with Gasteiger partial charge in [-0.25, -0.2) is 0 Å². The van der Waals surface area contributed by atoms with Crippen LogP contribution in [0.15, 0.2) is 48.7 Å². The second kappa shape index (κ2) is 6.75. The summed E-state index contributed by atoms with van der Waals surface area (Å²) in [6, 6.07) is 14.9. The van der Waals surface area contributed by atoms with Crippen LogP contribution < -0.4 is 15.0 Å². The highest BCUT2D eigenvalue weighted by molar-refractivity contribution is 5.68. The summed E-state index contributed by atoms with van der Waals surface area (Å²) in [5, 5.41) is 7.85. The highest BCUT2D eigenvalue weighted by atomic mass is 16.5. The molecule has 0 fully saturated rings. The number of nitrogens with one attached hydrogen (secondary N) is 1. The number of fused-ring (bicyclic) bond motifs is 1. The maximum Gasteiger partial charge on any atom is 0.144 e. The molecule has 134 valence electrons. The molecule has 0 saturated heterocycles. The van der Waals surface area contributed by atoms with Gasteiger partial charge in [0.15, 0.2) is 0 Å². The van der Waals surface area contributed by atoms with E-state index >= 15 is 0 Å². The van der Waals surface area contributed by atoms with Crippen molar-refractivity contribution in [3.8, 4) is 17.0 Å². The molecule has 0 bridgehead atoms. The van der Waals surface area contributed by atoms with Gasteiger partial charge in [0.1, 0.15) is 12.4 Å². The van der Waals surface area contributed by atoms with Gasteiger partial charge in [0.05, 0.1) is 17.9 Å². The Morgan fingerprint density at radius 1 is 1.12 bits per heavy atom. The van der Waals surface area contributed by atoms with Gasteiger partial charge in [-0.1, -0.05) is 17.7 Å². The Labute approximate surface area is 154 Å². The number of anilines is 2. The number of hydrogen-bond donors (Lipinski definition) is 1. The molecule has 1 N–H and O–H groups in total. The van der Waals surface area contributed by atoms with Crippen LogP contribution in [0.4, 0.5) is 11.4 Å². The number of nitrogens with zero attached hydrogens (tertiary/aromatic N) is 3. The van der Waals surface area contributed by atoms with E-state index in [0.717, 1.165) is 42.5 Å². The Balaban J connectivity index is 1.58. The minimum absolute atomic E-state index is 0.732. The largest absolute Gasteiger partial charge is 0.489 e. The smallest absolute Gasteiger partial charge is 0.144 e. The number of rotatable bonds is 4. The number of hydrogen-bond acceptors (Lipinski definition) is 4. The molecule has 4 rings (SSSR count). The van der Waals surface area contributed by atoms with Gasteiger partial charge in [0, 0.05) is 44.2 Å². The third kappa shape index (κ3) is 3.12. The van der Waals surface area contributed by atoms with E-state index in [2.05, 4.69) is 71.8 Å². The number of aromatic nitrogens is 2. The molecule has 0 radical (unpaired) electrons. The number of ether oxygens (including phenoxy) is 1. The van der Waals surface area contributed by atoms with Crippen LogP contribution in [0, 0.1) is 6.92 Å². The fourth-order valence-electron chi connectivity index (χ4n) is 3.39. The lowest BCUT2D eigenvalue weighted by Crippen LogP contribution is -2.28. The summed E-state index contributed by atoms with van der Waals surface area (Å²) in [5.41, 5.74) is 7.04. The molecule has 1 aliphatic rings. The van der Waals surface area contributed by atoms with E-state index in [-0.39, 0.29) is 0 Å². The van der Waals surface area contributed by atoms with Crippen molar-refractivity contribution in [3.63, 3.8) is 0 Å². The van der Waals surface area contributed by atoms with E-state index in [1.807, 2.05) is 17.9 Å². The Morgan fingerprint density at radius 2 is 2.00 bits per heavy atom. The van der Waals surface area contributed by atoms with Crippen molar-refractivity contribution >= 4 is 11.4 Å². The minimum Gasteiger partial charge on any atom is -0.489 e. The van der Waals surface area contributed by atoms with Crippen molar-refractivity contribution in [3.05, 3.63) is 59.8 Å². The van der Waals surface area contributed by atoms with Gasteiger partial charge in [0.25, 0.3) is 0 Å². The van der Waals surface area contributed by atoms with Gasteiger partial charge >= 0.3 is 0 Å². The first-order valence-electron chi connectivity index (χ1n) is 8.91. The van der Waals surface area contributed by atoms with Crippen LogP contribution in [0.5, 0.6) is 5.75 Å². The molecular weight excluding hydrogens is 324 g/mol. The van der Waals surface area contributed by atoms with Crippen molar-refractivity contribution in [2.75, 3.05) is 30.4 Å². The number of benzene rings is 2. The second-order valence-corrected chi connectivity index (χ2v) is 6.81. The summed E-state index contributed by atoms with van der Waals surface area (Å²) in [5.74, 6) is 0.944. The van der Waals surface area contributed by atoms with Gasteiger partial charge < -0.3 is 15.0 Å². The fraction of sp³-hybridized carbons (Fsp3) is 0.286. The zero-order chi connectivity index (χ0) is 18.1.